The molecule has 2 rings (SSSR count). The summed E-state index contributed by atoms with van der Waals surface area (Å²) in [5.41, 5.74) is 2.26. The molecule has 2 N–H and O–H groups in total. The SMILES string of the molecule is CCCNC(=O)CCn1ccc2c1CCCC2O. The first kappa shape index (κ1) is 13.1. The summed E-state index contributed by atoms with van der Waals surface area (Å²) in [5.74, 6) is 0.107. The first-order valence-electron chi connectivity index (χ1n) is 6.85. The van der Waals surface area contributed by atoms with Gasteiger partial charge >= 0.3 is 0 Å². The number of aliphatic hydroxyl groups is 1. The zero-order chi connectivity index (χ0) is 13.0. The van der Waals surface area contributed by atoms with Crippen LogP contribution in [-0.4, -0.2) is 22.1 Å². The summed E-state index contributed by atoms with van der Waals surface area (Å²) in [6, 6.07) is 1.99. The zero-order valence-electron chi connectivity index (χ0n) is 11.0. The number of rotatable bonds is 5. The van der Waals surface area contributed by atoms with Gasteiger partial charge in [0.1, 0.15) is 0 Å². The van der Waals surface area contributed by atoms with Crippen LogP contribution in [0.3, 0.4) is 0 Å². The molecule has 1 amide bonds. The molecule has 4 nitrogen and oxygen atoms in total. The molecule has 1 unspecified atom stereocenters. The number of amides is 1. The van der Waals surface area contributed by atoms with E-state index < -0.39 is 0 Å². The minimum absolute atomic E-state index is 0.107. The summed E-state index contributed by atoms with van der Waals surface area (Å²) < 4.78 is 2.11. The molecule has 1 aliphatic carbocycles. The number of carbonyl (C=O) groups is 1. The van der Waals surface area contributed by atoms with Gasteiger partial charge in [-0.05, 0) is 31.7 Å². The molecule has 0 bridgehead atoms. The molecule has 0 spiro atoms. The first-order valence-corrected chi connectivity index (χ1v) is 6.85. The van der Waals surface area contributed by atoms with Gasteiger partial charge in [0.05, 0.1) is 6.10 Å². The molecule has 100 valence electrons. The molecule has 1 aromatic rings. The third kappa shape index (κ3) is 2.93. The second kappa shape index (κ2) is 6.05. The Labute approximate surface area is 108 Å². The van der Waals surface area contributed by atoms with Gasteiger partial charge < -0.3 is 15.0 Å². The van der Waals surface area contributed by atoms with Gasteiger partial charge in [0, 0.05) is 37.0 Å². The molecular weight excluding hydrogens is 228 g/mol. The lowest BCUT2D eigenvalue weighted by atomic mass is 9.95. The highest BCUT2D eigenvalue weighted by atomic mass is 16.3. The zero-order valence-corrected chi connectivity index (χ0v) is 11.0. The van der Waals surface area contributed by atoms with E-state index in [1.54, 1.807) is 0 Å². The third-order valence-corrected chi connectivity index (χ3v) is 3.52. The summed E-state index contributed by atoms with van der Waals surface area (Å²) in [6.45, 7) is 3.50. The van der Waals surface area contributed by atoms with Crippen LogP contribution in [0, 0.1) is 0 Å². The Hall–Kier alpha value is -1.29. The smallest absolute Gasteiger partial charge is 0.221 e. The quantitative estimate of drug-likeness (QED) is 0.837. The third-order valence-electron chi connectivity index (χ3n) is 3.52. The van der Waals surface area contributed by atoms with Crippen LogP contribution in [0.25, 0.3) is 0 Å². The van der Waals surface area contributed by atoms with Crippen LogP contribution in [0.4, 0.5) is 0 Å². The van der Waals surface area contributed by atoms with Crippen molar-refractivity contribution < 1.29 is 9.90 Å². The number of nitrogens with zero attached hydrogens (tertiary/aromatic N) is 1. The van der Waals surface area contributed by atoms with E-state index in [9.17, 15) is 9.90 Å². The number of carbonyl (C=O) groups excluding carboxylic acids is 1. The minimum atomic E-state index is -0.316. The topological polar surface area (TPSA) is 54.3 Å². The van der Waals surface area contributed by atoms with Gasteiger partial charge in [-0.15, -0.1) is 0 Å². The van der Waals surface area contributed by atoms with Crippen LogP contribution in [0.2, 0.25) is 0 Å². The van der Waals surface area contributed by atoms with Crippen molar-refractivity contribution in [1.29, 1.82) is 0 Å². The highest BCUT2D eigenvalue weighted by Gasteiger charge is 2.21. The second-order valence-electron chi connectivity index (χ2n) is 4.92. The van der Waals surface area contributed by atoms with E-state index >= 15 is 0 Å². The first-order chi connectivity index (χ1) is 8.72. The molecule has 4 heteroatoms. The molecule has 0 fully saturated rings. The van der Waals surface area contributed by atoms with Crippen LogP contribution < -0.4 is 5.32 Å². The molecule has 0 saturated carbocycles. The Balaban J connectivity index is 1.92. The Morgan fingerprint density at radius 3 is 3.22 bits per heavy atom. The molecule has 1 heterocycles. The monoisotopic (exact) mass is 250 g/mol. The highest BCUT2D eigenvalue weighted by Crippen LogP contribution is 2.30. The number of nitrogens with one attached hydrogen (secondary N) is 1. The van der Waals surface area contributed by atoms with Gasteiger partial charge in [0.15, 0.2) is 0 Å². The van der Waals surface area contributed by atoms with Gasteiger partial charge in [0.25, 0.3) is 0 Å². The van der Waals surface area contributed by atoms with Crippen molar-refractivity contribution in [3.8, 4) is 0 Å². The maximum atomic E-state index is 11.6. The Bertz CT molecular complexity index is 412. The Morgan fingerprint density at radius 1 is 1.61 bits per heavy atom. The van der Waals surface area contributed by atoms with E-state index in [1.165, 1.54) is 5.69 Å². The van der Waals surface area contributed by atoms with E-state index in [2.05, 4.69) is 9.88 Å². The average molecular weight is 250 g/mol. The van der Waals surface area contributed by atoms with E-state index in [4.69, 9.17) is 0 Å². The second-order valence-corrected chi connectivity index (χ2v) is 4.92. The lowest BCUT2D eigenvalue weighted by molar-refractivity contribution is -0.121. The number of aliphatic hydroxyl groups excluding tert-OH is 1. The summed E-state index contributed by atoms with van der Waals surface area (Å²) in [5, 5.41) is 12.8. The predicted octanol–water partition coefficient (Wildman–Crippen LogP) is 1.77. The summed E-state index contributed by atoms with van der Waals surface area (Å²) in [7, 11) is 0. The molecule has 0 aromatic carbocycles. The van der Waals surface area contributed by atoms with Crippen LogP contribution in [0.5, 0.6) is 0 Å². The van der Waals surface area contributed by atoms with Crippen molar-refractivity contribution >= 4 is 5.91 Å². The highest BCUT2D eigenvalue weighted by molar-refractivity contribution is 5.75. The van der Waals surface area contributed by atoms with Crippen molar-refractivity contribution in [3.05, 3.63) is 23.5 Å². The molecule has 1 atom stereocenters. The Kier molecular flexibility index (Phi) is 4.42. The number of aryl methyl sites for hydroxylation is 1. The maximum absolute atomic E-state index is 11.6. The van der Waals surface area contributed by atoms with Gasteiger partial charge in [-0.25, -0.2) is 0 Å². The largest absolute Gasteiger partial charge is 0.388 e. The van der Waals surface area contributed by atoms with E-state index in [0.29, 0.717) is 13.0 Å². The molecule has 1 aliphatic rings. The van der Waals surface area contributed by atoms with Crippen LogP contribution in [0.1, 0.15) is 50.0 Å². The van der Waals surface area contributed by atoms with Gasteiger partial charge in [-0.3, -0.25) is 4.79 Å². The van der Waals surface area contributed by atoms with Crippen LogP contribution in [-0.2, 0) is 17.8 Å². The molecule has 0 radical (unpaired) electrons. The van der Waals surface area contributed by atoms with E-state index in [0.717, 1.165) is 37.8 Å². The maximum Gasteiger partial charge on any atom is 0.221 e. The molecule has 18 heavy (non-hydrogen) atoms. The van der Waals surface area contributed by atoms with Crippen molar-refractivity contribution in [2.75, 3.05) is 6.54 Å². The number of aromatic nitrogens is 1. The van der Waals surface area contributed by atoms with Crippen molar-refractivity contribution in [2.24, 2.45) is 0 Å². The number of fused-ring (bicyclic) bond motifs is 1. The molecule has 0 saturated heterocycles. The van der Waals surface area contributed by atoms with Crippen LogP contribution >= 0.6 is 0 Å². The predicted molar refractivity (Wildman–Crippen MR) is 70.2 cm³/mol. The Morgan fingerprint density at radius 2 is 2.44 bits per heavy atom. The number of hydrogen-bond donors (Lipinski definition) is 2. The fraction of sp³-hybridized carbons (Fsp3) is 0.643. The summed E-state index contributed by atoms with van der Waals surface area (Å²) >= 11 is 0. The van der Waals surface area contributed by atoms with Gasteiger partial charge in [-0.2, -0.15) is 0 Å². The normalized spacial score (nSPS) is 18.4. The summed E-state index contributed by atoms with van der Waals surface area (Å²) in [6.07, 6.45) is 6.05. The fourth-order valence-corrected chi connectivity index (χ4v) is 2.52. The van der Waals surface area contributed by atoms with E-state index in [-0.39, 0.29) is 12.0 Å². The lowest BCUT2D eigenvalue weighted by Gasteiger charge is -2.20. The summed E-state index contributed by atoms with van der Waals surface area (Å²) in [4.78, 5) is 11.6. The van der Waals surface area contributed by atoms with Crippen molar-refractivity contribution in [3.63, 3.8) is 0 Å². The van der Waals surface area contributed by atoms with Crippen molar-refractivity contribution in [1.82, 2.24) is 9.88 Å². The van der Waals surface area contributed by atoms with E-state index in [1.807, 2.05) is 19.2 Å². The number of hydrogen-bond acceptors (Lipinski definition) is 2. The molecular formula is C14H22N2O2. The molecule has 1 aromatic heterocycles. The fourth-order valence-electron chi connectivity index (χ4n) is 2.52. The van der Waals surface area contributed by atoms with Gasteiger partial charge in [-0.1, -0.05) is 6.92 Å². The van der Waals surface area contributed by atoms with Crippen LogP contribution in [0.15, 0.2) is 12.3 Å². The lowest BCUT2D eigenvalue weighted by Crippen LogP contribution is -2.25. The van der Waals surface area contributed by atoms with Crippen molar-refractivity contribution in [2.45, 2.75) is 51.7 Å². The minimum Gasteiger partial charge on any atom is -0.388 e. The van der Waals surface area contributed by atoms with Gasteiger partial charge in [0.2, 0.25) is 5.91 Å². The standard InChI is InChI=1S/C14H22N2O2/c1-2-8-15-14(18)7-10-16-9-6-11-12(16)4-3-5-13(11)17/h6,9,13,17H,2-5,7-8,10H2,1H3,(H,15,18). The average Bonchev–Trinajstić information content (AvgIpc) is 2.78. The molecule has 0 aliphatic heterocycles.